The van der Waals surface area contributed by atoms with E-state index >= 15 is 0 Å². The molecule has 1 aliphatic rings. The Bertz CT molecular complexity index is 1480. The van der Waals surface area contributed by atoms with Crippen LogP contribution in [0.5, 0.6) is 0 Å². The molecule has 152 valence electrons. The summed E-state index contributed by atoms with van der Waals surface area (Å²) in [7, 11) is 3.52. The molecule has 6 heteroatoms. The summed E-state index contributed by atoms with van der Waals surface area (Å²) in [5.41, 5.74) is 2.87. The van der Waals surface area contributed by atoms with E-state index in [-0.39, 0.29) is 16.9 Å². The molecule has 6 nitrogen and oxygen atoms in total. The Balaban J connectivity index is 1.94. The van der Waals surface area contributed by atoms with Crippen molar-refractivity contribution < 1.29 is 14.7 Å². The standard InChI is InChI=1S/C25H18N2O4/c1-26(2)20-12-11-14(13-19(20)25(30)31)27-22-16-8-4-5-9-17(16)23(28)21(22)15-7-3-6-10-18(15)24(27)29/h3-13H,1-2H3,(H,30,31). The van der Waals surface area contributed by atoms with Gasteiger partial charge in [0.05, 0.1) is 28.2 Å². The lowest BCUT2D eigenvalue weighted by atomic mass is 10.0. The van der Waals surface area contributed by atoms with Gasteiger partial charge in [-0.15, -0.1) is 0 Å². The zero-order chi connectivity index (χ0) is 21.9. The van der Waals surface area contributed by atoms with E-state index in [4.69, 9.17) is 0 Å². The summed E-state index contributed by atoms with van der Waals surface area (Å²) in [5.74, 6) is -1.23. The number of hydrogen-bond donors (Lipinski definition) is 1. The van der Waals surface area contributed by atoms with Crippen LogP contribution in [-0.4, -0.2) is 35.5 Å². The number of carbonyl (C=O) groups excluding carboxylic acids is 1. The first-order valence-corrected chi connectivity index (χ1v) is 9.77. The third kappa shape index (κ3) is 2.61. The molecule has 5 rings (SSSR count). The number of pyridine rings is 1. The SMILES string of the molecule is CN(C)c1ccc(-n2c3c(c4ccccc4c2=O)C(=O)c2ccccc2-3)cc1C(=O)O. The second-order valence-corrected chi connectivity index (χ2v) is 7.69. The molecule has 31 heavy (non-hydrogen) atoms. The fourth-order valence-electron chi connectivity index (χ4n) is 4.33. The van der Waals surface area contributed by atoms with Gasteiger partial charge in [0.2, 0.25) is 0 Å². The first-order chi connectivity index (χ1) is 14.9. The normalized spacial score (nSPS) is 12.0. The van der Waals surface area contributed by atoms with Crippen molar-refractivity contribution in [3.8, 4) is 16.9 Å². The molecule has 0 spiro atoms. The largest absolute Gasteiger partial charge is 0.478 e. The number of carboxylic acid groups (broad SMARTS) is 1. The Labute approximate surface area is 177 Å². The fourth-order valence-corrected chi connectivity index (χ4v) is 4.33. The van der Waals surface area contributed by atoms with Gasteiger partial charge in [0.25, 0.3) is 5.56 Å². The smallest absolute Gasteiger partial charge is 0.337 e. The molecule has 1 heterocycles. The summed E-state index contributed by atoms with van der Waals surface area (Å²) in [6.45, 7) is 0. The fraction of sp³-hybridized carbons (Fsp3) is 0.0800. The van der Waals surface area contributed by atoms with Crippen LogP contribution in [0.4, 0.5) is 5.69 Å². The minimum Gasteiger partial charge on any atom is -0.478 e. The first kappa shape index (κ1) is 18.8. The van der Waals surface area contributed by atoms with E-state index in [1.807, 2.05) is 12.1 Å². The van der Waals surface area contributed by atoms with Crippen LogP contribution in [0.25, 0.3) is 27.7 Å². The summed E-state index contributed by atoms with van der Waals surface area (Å²) < 4.78 is 1.47. The lowest BCUT2D eigenvalue weighted by Crippen LogP contribution is -2.22. The number of carboxylic acids is 1. The van der Waals surface area contributed by atoms with Crippen LogP contribution >= 0.6 is 0 Å². The van der Waals surface area contributed by atoms with Gasteiger partial charge in [0.15, 0.2) is 5.78 Å². The molecular formula is C25H18N2O4. The number of benzene rings is 3. The van der Waals surface area contributed by atoms with Gasteiger partial charge in [0, 0.05) is 36.0 Å². The Morgan fingerprint density at radius 2 is 1.52 bits per heavy atom. The number of carbonyl (C=O) groups is 2. The number of fused-ring (bicyclic) bond motifs is 5. The summed E-state index contributed by atoms with van der Waals surface area (Å²) >= 11 is 0. The highest BCUT2D eigenvalue weighted by Gasteiger charge is 2.33. The zero-order valence-electron chi connectivity index (χ0n) is 16.9. The number of rotatable bonds is 3. The summed E-state index contributed by atoms with van der Waals surface area (Å²) in [5, 5.41) is 10.8. The van der Waals surface area contributed by atoms with Crippen LogP contribution in [0.2, 0.25) is 0 Å². The molecule has 0 aliphatic heterocycles. The lowest BCUT2D eigenvalue weighted by Gasteiger charge is -2.19. The Kier molecular flexibility index (Phi) is 4.05. The molecule has 1 N–H and O–H groups in total. The first-order valence-electron chi connectivity index (χ1n) is 9.77. The monoisotopic (exact) mass is 410 g/mol. The number of ketones is 1. The highest BCUT2D eigenvalue weighted by atomic mass is 16.4. The average molecular weight is 410 g/mol. The van der Waals surface area contributed by atoms with Gasteiger partial charge in [0.1, 0.15) is 0 Å². The molecule has 0 bridgehead atoms. The second-order valence-electron chi connectivity index (χ2n) is 7.69. The molecule has 1 aliphatic carbocycles. The molecule has 3 aromatic carbocycles. The van der Waals surface area contributed by atoms with E-state index in [0.29, 0.717) is 44.5 Å². The highest BCUT2D eigenvalue weighted by molar-refractivity contribution is 6.26. The Hall–Kier alpha value is -4.19. The van der Waals surface area contributed by atoms with Crippen LogP contribution < -0.4 is 10.5 Å². The molecule has 1 aromatic heterocycles. The maximum atomic E-state index is 13.6. The van der Waals surface area contributed by atoms with Gasteiger partial charge in [-0.25, -0.2) is 4.79 Å². The molecule has 0 radical (unpaired) electrons. The van der Waals surface area contributed by atoms with Gasteiger partial charge >= 0.3 is 5.97 Å². The minimum atomic E-state index is -1.09. The molecule has 0 fully saturated rings. The van der Waals surface area contributed by atoms with Crippen molar-refractivity contribution in [2.45, 2.75) is 0 Å². The van der Waals surface area contributed by atoms with E-state index < -0.39 is 5.97 Å². The maximum absolute atomic E-state index is 13.6. The quantitative estimate of drug-likeness (QED) is 0.487. The van der Waals surface area contributed by atoms with Crippen molar-refractivity contribution in [2.24, 2.45) is 0 Å². The van der Waals surface area contributed by atoms with E-state index in [0.717, 1.165) is 0 Å². The molecule has 0 atom stereocenters. The van der Waals surface area contributed by atoms with Crippen molar-refractivity contribution in [3.05, 3.63) is 93.8 Å². The molecule has 0 saturated carbocycles. The van der Waals surface area contributed by atoms with Crippen molar-refractivity contribution >= 4 is 28.2 Å². The number of aromatic nitrogens is 1. The van der Waals surface area contributed by atoms with Crippen molar-refractivity contribution in [1.29, 1.82) is 0 Å². The number of aromatic carboxylic acids is 1. The average Bonchev–Trinajstić information content (AvgIpc) is 3.06. The third-order valence-electron chi connectivity index (χ3n) is 5.69. The number of nitrogens with zero attached hydrogens (tertiary/aromatic N) is 2. The predicted octanol–water partition coefficient (Wildman–Crippen LogP) is 3.97. The molecule has 0 unspecified atom stereocenters. The van der Waals surface area contributed by atoms with Gasteiger partial charge in [-0.1, -0.05) is 42.5 Å². The number of hydrogen-bond acceptors (Lipinski definition) is 4. The second kappa shape index (κ2) is 6.67. The van der Waals surface area contributed by atoms with E-state index in [9.17, 15) is 19.5 Å². The van der Waals surface area contributed by atoms with Crippen molar-refractivity contribution in [3.63, 3.8) is 0 Å². The van der Waals surface area contributed by atoms with Gasteiger partial charge in [-0.3, -0.25) is 14.2 Å². The molecule has 0 amide bonds. The highest BCUT2D eigenvalue weighted by Crippen LogP contribution is 2.40. The van der Waals surface area contributed by atoms with Crippen LogP contribution in [0, 0.1) is 0 Å². The molecule has 4 aromatic rings. The van der Waals surface area contributed by atoms with Crippen LogP contribution in [-0.2, 0) is 0 Å². The van der Waals surface area contributed by atoms with Crippen LogP contribution in [0.15, 0.2) is 71.5 Å². The third-order valence-corrected chi connectivity index (χ3v) is 5.69. The van der Waals surface area contributed by atoms with Crippen molar-refractivity contribution in [2.75, 3.05) is 19.0 Å². The summed E-state index contributed by atoms with van der Waals surface area (Å²) in [4.78, 5) is 40.5. The maximum Gasteiger partial charge on any atom is 0.337 e. The van der Waals surface area contributed by atoms with E-state index in [1.165, 1.54) is 10.6 Å². The minimum absolute atomic E-state index is 0.0777. The predicted molar refractivity (Wildman–Crippen MR) is 120 cm³/mol. The Morgan fingerprint density at radius 1 is 0.871 bits per heavy atom. The molecular weight excluding hydrogens is 392 g/mol. The van der Waals surface area contributed by atoms with Crippen LogP contribution in [0.3, 0.4) is 0 Å². The van der Waals surface area contributed by atoms with Gasteiger partial charge in [-0.2, -0.15) is 0 Å². The van der Waals surface area contributed by atoms with E-state index in [1.54, 1.807) is 67.5 Å². The topological polar surface area (TPSA) is 79.6 Å². The van der Waals surface area contributed by atoms with Crippen LogP contribution in [0.1, 0.15) is 26.3 Å². The van der Waals surface area contributed by atoms with Crippen molar-refractivity contribution in [1.82, 2.24) is 4.57 Å². The van der Waals surface area contributed by atoms with E-state index in [2.05, 4.69) is 0 Å². The Morgan fingerprint density at radius 3 is 2.19 bits per heavy atom. The van der Waals surface area contributed by atoms with Gasteiger partial charge < -0.3 is 10.0 Å². The lowest BCUT2D eigenvalue weighted by molar-refractivity contribution is 0.0697. The molecule has 0 saturated heterocycles. The zero-order valence-corrected chi connectivity index (χ0v) is 16.9. The summed E-state index contributed by atoms with van der Waals surface area (Å²) in [6.07, 6.45) is 0. The number of anilines is 1. The summed E-state index contributed by atoms with van der Waals surface area (Å²) in [6, 6.07) is 19.1. The van der Waals surface area contributed by atoms with Gasteiger partial charge in [-0.05, 0) is 24.3 Å².